The number of amides is 1. The molecule has 0 aliphatic carbocycles. The van der Waals surface area contributed by atoms with Crippen LogP contribution in [0.1, 0.15) is 12.8 Å². The van der Waals surface area contributed by atoms with Crippen LogP contribution >= 0.6 is 0 Å². The van der Waals surface area contributed by atoms with E-state index in [0.717, 1.165) is 39.0 Å². The van der Waals surface area contributed by atoms with Crippen molar-refractivity contribution in [3.8, 4) is 0 Å². The Balaban J connectivity index is 1.95. The third-order valence-electron chi connectivity index (χ3n) is 3.29. The van der Waals surface area contributed by atoms with E-state index in [1.54, 1.807) is 4.90 Å². The summed E-state index contributed by atoms with van der Waals surface area (Å²) < 4.78 is 0. The molecule has 2 heterocycles. The van der Waals surface area contributed by atoms with Gasteiger partial charge >= 0.3 is 6.09 Å². The van der Waals surface area contributed by atoms with Gasteiger partial charge in [0.05, 0.1) is 0 Å². The fourth-order valence-electron chi connectivity index (χ4n) is 2.41. The summed E-state index contributed by atoms with van der Waals surface area (Å²) in [6.45, 7) is 3.60. The van der Waals surface area contributed by atoms with E-state index in [9.17, 15) is 4.79 Å². The third kappa shape index (κ3) is 1.77. The van der Waals surface area contributed by atoms with Gasteiger partial charge < -0.3 is 15.3 Å². The van der Waals surface area contributed by atoms with Crippen LogP contribution in [0.5, 0.6) is 0 Å². The van der Waals surface area contributed by atoms with E-state index in [-0.39, 0.29) is 0 Å². The minimum Gasteiger partial charge on any atom is -0.465 e. The molecule has 0 aromatic carbocycles. The minimum absolute atomic E-state index is 0.712. The Bertz CT molecular complexity index is 194. The molecule has 0 spiro atoms. The van der Waals surface area contributed by atoms with Crippen LogP contribution in [-0.4, -0.2) is 42.3 Å². The van der Waals surface area contributed by atoms with Gasteiger partial charge in [-0.05, 0) is 37.8 Å². The molecule has 2 N–H and O–H groups in total. The van der Waals surface area contributed by atoms with Crippen molar-refractivity contribution in [2.45, 2.75) is 12.8 Å². The van der Waals surface area contributed by atoms with Crippen LogP contribution < -0.4 is 5.32 Å². The fourth-order valence-corrected chi connectivity index (χ4v) is 2.41. The van der Waals surface area contributed by atoms with Crippen LogP contribution in [0, 0.1) is 11.8 Å². The first-order chi connectivity index (χ1) is 6.27. The van der Waals surface area contributed by atoms with Gasteiger partial charge in [0.25, 0.3) is 0 Å². The van der Waals surface area contributed by atoms with Crippen molar-refractivity contribution in [2.24, 2.45) is 11.8 Å². The van der Waals surface area contributed by atoms with Crippen LogP contribution in [0.4, 0.5) is 4.79 Å². The number of nitrogens with one attached hydrogen (secondary N) is 1. The normalized spacial score (nSPS) is 34.0. The van der Waals surface area contributed by atoms with Gasteiger partial charge in [0.1, 0.15) is 0 Å². The van der Waals surface area contributed by atoms with E-state index in [4.69, 9.17) is 5.11 Å². The fraction of sp³-hybridized carbons (Fsp3) is 0.889. The van der Waals surface area contributed by atoms with Crippen molar-refractivity contribution in [1.82, 2.24) is 10.2 Å². The molecule has 74 valence electrons. The summed E-state index contributed by atoms with van der Waals surface area (Å²) in [5, 5.41) is 12.2. The molecular weight excluding hydrogens is 168 g/mol. The molecule has 2 rings (SSSR count). The molecule has 1 amide bonds. The Labute approximate surface area is 77.9 Å². The quantitative estimate of drug-likeness (QED) is 0.579. The predicted octanol–water partition coefficient (Wildman–Crippen LogP) is 0.596. The maximum atomic E-state index is 10.7. The van der Waals surface area contributed by atoms with Crippen LogP contribution in [0.25, 0.3) is 0 Å². The number of nitrogens with zero attached hydrogens (tertiary/aromatic N) is 1. The first-order valence-corrected chi connectivity index (χ1v) is 4.96. The molecule has 2 atom stereocenters. The van der Waals surface area contributed by atoms with Crippen LogP contribution in [0.15, 0.2) is 0 Å². The summed E-state index contributed by atoms with van der Waals surface area (Å²) in [4.78, 5) is 12.3. The summed E-state index contributed by atoms with van der Waals surface area (Å²) in [5.74, 6) is 1.42. The van der Waals surface area contributed by atoms with E-state index < -0.39 is 6.09 Å². The number of carbonyl (C=O) groups is 1. The molecule has 2 fully saturated rings. The van der Waals surface area contributed by atoms with E-state index in [2.05, 4.69) is 5.32 Å². The third-order valence-corrected chi connectivity index (χ3v) is 3.29. The zero-order valence-corrected chi connectivity index (χ0v) is 7.70. The van der Waals surface area contributed by atoms with Gasteiger partial charge in [-0.15, -0.1) is 0 Å². The summed E-state index contributed by atoms with van der Waals surface area (Å²) in [6, 6.07) is 0. The van der Waals surface area contributed by atoms with Crippen molar-refractivity contribution in [1.29, 1.82) is 0 Å². The van der Waals surface area contributed by atoms with Crippen molar-refractivity contribution >= 4 is 6.09 Å². The van der Waals surface area contributed by atoms with Gasteiger partial charge in [-0.25, -0.2) is 4.79 Å². The lowest BCUT2D eigenvalue weighted by Crippen LogP contribution is -2.31. The van der Waals surface area contributed by atoms with Crippen molar-refractivity contribution in [3.63, 3.8) is 0 Å². The van der Waals surface area contributed by atoms with Crippen molar-refractivity contribution in [3.05, 3.63) is 0 Å². The molecule has 2 aliphatic rings. The van der Waals surface area contributed by atoms with Gasteiger partial charge in [0, 0.05) is 13.1 Å². The molecule has 0 bridgehead atoms. The van der Waals surface area contributed by atoms with Crippen molar-refractivity contribution < 1.29 is 9.90 Å². The standard InChI is InChI=1S/C9H16N2O2/c12-9(13)11-3-1-7-5-10-6-8(7)2-4-11/h7-8,10H,1-6H2,(H,12,13). The SMILES string of the molecule is O=C(O)N1CCC2CNCC2CC1. The Kier molecular flexibility index (Phi) is 2.40. The molecule has 2 unspecified atom stereocenters. The van der Waals surface area contributed by atoms with Crippen LogP contribution in [0.3, 0.4) is 0 Å². The number of fused-ring (bicyclic) bond motifs is 1. The molecule has 0 aromatic rings. The molecule has 2 aliphatic heterocycles. The maximum Gasteiger partial charge on any atom is 0.407 e. The monoisotopic (exact) mass is 184 g/mol. The van der Waals surface area contributed by atoms with Gasteiger partial charge in [-0.3, -0.25) is 0 Å². The van der Waals surface area contributed by atoms with E-state index in [0.29, 0.717) is 11.8 Å². The molecule has 0 radical (unpaired) electrons. The summed E-state index contributed by atoms with van der Waals surface area (Å²) >= 11 is 0. The zero-order valence-electron chi connectivity index (χ0n) is 7.70. The van der Waals surface area contributed by atoms with E-state index in [1.807, 2.05) is 0 Å². The second-order valence-corrected chi connectivity index (χ2v) is 4.03. The Morgan fingerprint density at radius 1 is 1.23 bits per heavy atom. The van der Waals surface area contributed by atoms with Gasteiger partial charge in [-0.1, -0.05) is 0 Å². The molecule has 0 saturated carbocycles. The summed E-state index contributed by atoms with van der Waals surface area (Å²) in [6.07, 6.45) is 1.31. The highest BCUT2D eigenvalue weighted by atomic mass is 16.4. The zero-order chi connectivity index (χ0) is 9.26. The number of carboxylic acid groups (broad SMARTS) is 1. The molecule has 4 nitrogen and oxygen atoms in total. The highest BCUT2D eigenvalue weighted by molar-refractivity contribution is 5.64. The van der Waals surface area contributed by atoms with Gasteiger partial charge in [-0.2, -0.15) is 0 Å². The highest BCUT2D eigenvalue weighted by Crippen LogP contribution is 2.26. The lowest BCUT2D eigenvalue weighted by Gasteiger charge is -2.16. The first-order valence-electron chi connectivity index (χ1n) is 4.96. The van der Waals surface area contributed by atoms with Crippen LogP contribution in [0.2, 0.25) is 0 Å². The second-order valence-electron chi connectivity index (χ2n) is 4.03. The first kappa shape index (κ1) is 8.81. The molecule has 2 saturated heterocycles. The number of rotatable bonds is 0. The lowest BCUT2D eigenvalue weighted by molar-refractivity contribution is 0.146. The Morgan fingerprint density at radius 2 is 1.77 bits per heavy atom. The average molecular weight is 184 g/mol. The molecule has 13 heavy (non-hydrogen) atoms. The minimum atomic E-state index is -0.757. The largest absolute Gasteiger partial charge is 0.465 e. The topological polar surface area (TPSA) is 52.6 Å². The predicted molar refractivity (Wildman–Crippen MR) is 48.7 cm³/mol. The number of hydrogen-bond donors (Lipinski definition) is 2. The molecule has 4 heteroatoms. The average Bonchev–Trinajstić information content (AvgIpc) is 2.44. The second kappa shape index (κ2) is 3.54. The number of hydrogen-bond acceptors (Lipinski definition) is 2. The highest BCUT2D eigenvalue weighted by Gasteiger charge is 2.31. The van der Waals surface area contributed by atoms with E-state index in [1.165, 1.54) is 0 Å². The molecular formula is C9H16N2O2. The number of likely N-dealkylation sites (tertiary alicyclic amines) is 1. The summed E-state index contributed by atoms with van der Waals surface area (Å²) in [7, 11) is 0. The van der Waals surface area contributed by atoms with Crippen molar-refractivity contribution in [2.75, 3.05) is 26.2 Å². The lowest BCUT2D eigenvalue weighted by atomic mass is 9.92. The van der Waals surface area contributed by atoms with Gasteiger partial charge in [0.2, 0.25) is 0 Å². The maximum absolute atomic E-state index is 10.7. The molecule has 0 aromatic heterocycles. The van der Waals surface area contributed by atoms with Crippen LogP contribution in [-0.2, 0) is 0 Å². The Hall–Kier alpha value is -0.770. The van der Waals surface area contributed by atoms with Gasteiger partial charge in [0.15, 0.2) is 0 Å². The Morgan fingerprint density at radius 3 is 2.23 bits per heavy atom. The van der Waals surface area contributed by atoms with E-state index >= 15 is 0 Å². The summed E-state index contributed by atoms with van der Waals surface area (Å²) in [5.41, 5.74) is 0. The smallest absolute Gasteiger partial charge is 0.407 e.